The van der Waals surface area contributed by atoms with E-state index in [1.807, 2.05) is 0 Å². The van der Waals surface area contributed by atoms with E-state index in [0.29, 0.717) is 5.56 Å². The number of rotatable bonds is 8. The van der Waals surface area contributed by atoms with Crippen molar-refractivity contribution in [2.75, 3.05) is 13.2 Å². The molecule has 4 rings (SSSR count). The largest absolute Gasteiger partial charge is 0.422 e. The fraction of sp³-hybridized carbons (Fsp3) is 0.217. The molecule has 2 aromatic carbocycles. The summed E-state index contributed by atoms with van der Waals surface area (Å²) in [7, 11) is 0. The maximum absolute atomic E-state index is 13.9. The second kappa shape index (κ2) is 10.3. The molecule has 188 valence electrons. The summed E-state index contributed by atoms with van der Waals surface area (Å²) >= 11 is 0. The van der Waals surface area contributed by atoms with Gasteiger partial charge < -0.3 is 29.7 Å². The number of hydrogen-bond donors (Lipinski definition) is 4. The summed E-state index contributed by atoms with van der Waals surface area (Å²) in [6.07, 6.45) is -6.42. The fourth-order valence-electron chi connectivity index (χ4n) is 3.32. The molecule has 0 radical (unpaired) electrons. The maximum Gasteiger partial charge on any atom is 0.422 e. The van der Waals surface area contributed by atoms with E-state index >= 15 is 0 Å². The lowest BCUT2D eigenvalue weighted by atomic mass is 10.1. The number of aliphatic hydroxyl groups excluding tert-OH is 3. The summed E-state index contributed by atoms with van der Waals surface area (Å²) < 4.78 is 51.6. The van der Waals surface area contributed by atoms with Gasteiger partial charge in [-0.2, -0.15) is 18.2 Å². The van der Waals surface area contributed by atoms with Gasteiger partial charge >= 0.3 is 6.18 Å². The maximum atomic E-state index is 13.9. The van der Waals surface area contributed by atoms with Crippen LogP contribution >= 0.6 is 0 Å². The Morgan fingerprint density at radius 3 is 2.22 bits per heavy atom. The van der Waals surface area contributed by atoms with E-state index in [-0.39, 0.29) is 17.0 Å². The molecule has 1 amide bonds. The van der Waals surface area contributed by atoms with Crippen molar-refractivity contribution in [3.05, 3.63) is 65.7 Å². The Morgan fingerprint density at radius 1 is 0.944 bits per heavy atom. The van der Waals surface area contributed by atoms with E-state index in [2.05, 4.69) is 20.6 Å². The highest BCUT2D eigenvalue weighted by Crippen LogP contribution is 2.43. The Hall–Kier alpha value is -4.07. The zero-order valence-electron chi connectivity index (χ0n) is 18.3. The fourth-order valence-corrected chi connectivity index (χ4v) is 3.32. The number of hydrogen-bond acceptors (Lipinski definition) is 9. The number of carbonyl (C=O) groups excluding carboxylic acids is 1. The molecule has 0 saturated heterocycles. The molecule has 1 atom stereocenters. The van der Waals surface area contributed by atoms with Gasteiger partial charge in [-0.05, 0) is 5.56 Å². The monoisotopic (exact) mass is 504 g/mol. The van der Waals surface area contributed by atoms with E-state index in [1.54, 1.807) is 18.2 Å². The first-order valence-electron chi connectivity index (χ1n) is 10.5. The number of halogens is 3. The Balaban J connectivity index is 1.59. The predicted octanol–water partition coefficient (Wildman–Crippen LogP) is 2.58. The molecule has 0 aliphatic carbocycles. The van der Waals surface area contributed by atoms with Crippen LogP contribution in [-0.4, -0.2) is 55.8 Å². The lowest BCUT2D eigenvalue weighted by Gasteiger charge is -2.17. The lowest BCUT2D eigenvalue weighted by molar-refractivity contribution is -0.137. The smallest absolute Gasteiger partial charge is 0.394 e. The first kappa shape index (κ1) is 25.0. The minimum atomic E-state index is -4.82. The number of carbonyl (C=O) groups is 1. The molecule has 0 aliphatic heterocycles. The number of nitrogens with zero attached hydrogens (tertiary/aromatic N) is 3. The Morgan fingerprint density at radius 2 is 1.61 bits per heavy atom. The Labute approximate surface area is 201 Å². The average Bonchev–Trinajstić information content (AvgIpc) is 3.55. The number of aliphatic hydroxyl groups is 3. The molecule has 4 N–H and O–H groups in total. The van der Waals surface area contributed by atoms with Gasteiger partial charge in [0.1, 0.15) is 11.3 Å². The van der Waals surface area contributed by atoms with Gasteiger partial charge in [0.25, 0.3) is 11.8 Å². The van der Waals surface area contributed by atoms with Crippen molar-refractivity contribution in [2.45, 2.75) is 18.3 Å². The number of nitrogens with one attached hydrogen (secondary N) is 1. The predicted molar refractivity (Wildman–Crippen MR) is 117 cm³/mol. The first-order chi connectivity index (χ1) is 17.2. The third-order valence-electron chi connectivity index (χ3n) is 5.16. The third kappa shape index (κ3) is 5.12. The van der Waals surface area contributed by atoms with Crippen LogP contribution in [0.2, 0.25) is 0 Å². The van der Waals surface area contributed by atoms with Crippen LogP contribution in [-0.2, 0) is 11.0 Å². The van der Waals surface area contributed by atoms with Crippen LogP contribution in [0.25, 0.3) is 34.3 Å². The SMILES string of the molecule is O=C(NC(CO)CO)C(O)c1ccc(-c2noc(-c3onc(-c4ccccc4)c3C(F)(F)F)n2)cc1. The van der Waals surface area contributed by atoms with Gasteiger partial charge in [0.05, 0.1) is 19.3 Å². The molecule has 4 aromatic rings. The van der Waals surface area contributed by atoms with Gasteiger partial charge in [-0.1, -0.05) is 64.9 Å². The number of alkyl halides is 3. The highest BCUT2D eigenvalue weighted by molar-refractivity contribution is 5.82. The molecule has 0 spiro atoms. The van der Waals surface area contributed by atoms with Crippen molar-refractivity contribution in [3.63, 3.8) is 0 Å². The summed E-state index contributed by atoms with van der Waals surface area (Å²) in [6, 6.07) is 12.4. The second-order valence-corrected chi connectivity index (χ2v) is 7.62. The van der Waals surface area contributed by atoms with Crippen molar-refractivity contribution in [1.29, 1.82) is 0 Å². The van der Waals surface area contributed by atoms with Crippen molar-refractivity contribution >= 4 is 5.91 Å². The quantitative estimate of drug-likeness (QED) is 0.283. The van der Waals surface area contributed by atoms with Gasteiger partial charge in [-0.25, -0.2) is 0 Å². The standard InChI is InChI=1S/C23H19F3N4O6/c24-23(25,26)16-17(12-4-2-1-3-5-12)29-35-19(16)22-28-20(30-36-22)14-8-6-13(7-9-14)18(33)21(34)27-15(10-31)11-32/h1-9,15,18,31-33H,10-11H2,(H,27,34). The highest BCUT2D eigenvalue weighted by atomic mass is 19.4. The molecule has 36 heavy (non-hydrogen) atoms. The van der Waals surface area contributed by atoms with Gasteiger partial charge in [-0.15, -0.1) is 0 Å². The van der Waals surface area contributed by atoms with Crippen LogP contribution < -0.4 is 5.32 Å². The van der Waals surface area contributed by atoms with Gasteiger partial charge in [0, 0.05) is 11.1 Å². The molecule has 0 bridgehead atoms. The summed E-state index contributed by atoms with van der Waals surface area (Å²) in [4.78, 5) is 16.1. The van der Waals surface area contributed by atoms with Gasteiger partial charge in [-0.3, -0.25) is 4.79 Å². The van der Waals surface area contributed by atoms with Crippen LogP contribution in [0.3, 0.4) is 0 Å². The van der Waals surface area contributed by atoms with E-state index in [4.69, 9.17) is 19.3 Å². The minimum Gasteiger partial charge on any atom is -0.394 e. The summed E-state index contributed by atoms with van der Waals surface area (Å²) in [6.45, 7) is -1.02. The molecule has 1 unspecified atom stereocenters. The van der Waals surface area contributed by atoms with E-state index < -0.39 is 60.4 Å². The van der Waals surface area contributed by atoms with Crippen LogP contribution in [0.5, 0.6) is 0 Å². The molecule has 0 saturated carbocycles. The van der Waals surface area contributed by atoms with Crippen LogP contribution in [0, 0.1) is 0 Å². The molecule has 10 nitrogen and oxygen atoms in total. The molecule has 2 aromatic heterocycles. The molecule has 0 fully saturated rings. The average molecular weight is 504 g/mol. The Bertz CT molecular complexity index is 1320. The third-order valence-corrected chi connectivity index (χ3v) is 5.16. The number of benzene rings is 2. The van der Waals surface area contributed by atoms with E-state index in [9.17, 15) is 23.1 Å². The highest BCUT2D eigenvalue weighted by Gasteiger charge is 2.43. The normalized spacial score (nSPS) is 12.6. The minimum absolute atomic E-state index is 0.0677. The molecule has 13 heteroatoms. The molecule has 0 aliphatic rings. The zero-order valence-corrected chi connectivity index (χ0v) is 18.3. The molecule has 2 heterocycles. The van der Waals surface area contributed by atoms with Crippen molar-refractivity contribution in [2.24, 2.45) is 0 Å². The summed E-state index contributed by atoms with van der Waals surface area (Å²) in [5, 5.41) is 37.8. The van der Waals surface area contributed by atoms with Gasteiger partial charge in [0.2, 0.25) is 11.6 Å². The topological polar surface area (TPSA) is 155 Å². The van der Waals surface area contributed by atoms with E-state index in [0.717, 1.165) is 0 Å². The number of amides is 1. The summed E-state index contributed by atoms with van der Waals surface area (Å²) in [5.74, 6) is -2.17. The molecular weight excluding hydrogens is 485 g/mol. The first-order valence-corrected chi connectivity index (χ1v) is 10.5. The Kier molecular flexibility index (Phi) is 7.15. The zero-order chi connectivity index (χ0) is 25.9. The van der Waals surface area contributed by atoms with Crippen molar-refractivity contribution in [1.82, 2.24) is 20.6 Å². The lowest BCUT2D eigenvalue weighted by Crippen LogP contribution is -2.42. The van der Waals surface area contributed by atoms with Crippen molar-refractivity contribution < 1.29 is 42.3 Å². The van der Waals surface area contributed by atoms with E-state index in [1.165, 1.54) is 36.4 Å². The van der Waals surface area contributed by atoms with Gasteiger partial charge in [0.15, 0.2) is 6.10 Å². The van der Waals surface area contributed by atoms with Crippen LogP contribution in [0.4, 0.5) is 13.2 Å². The number of aromatic nitrogens is 3. The molecular formula is C23H19F3N4O6. The van der Waals surface area contributed by atoms with Crippen LogP contribution in [0.15, 0.2) is 63.6 Å². The van der Waals surface area contributed by atoms with Crippen LogP contribution in [0.1, 0.15) is 17.2 Å². The summed E-state index contributed by atoms with van der Waals surface area (Å²) in [5.41, 5.74) is -0.878. The van der Waals surface area contributed by atoms with Crippen molar-refractivity contribution in [3.8, 4) is 34.3 Å². The second-order valence-electron chi connectivity index (χ2n) is 7.62.